The number of alkyl halides is 3. The molecule has 53 heavy (non-hydrogen) atoms. The topological polar surface area (TPSA) is 130 Å². The molecule has 5 aromatic rings. The van der Waals surface area contributed by atoms with Crippen molar-refractivity contribution in [1.82, 2.24) is 30.2 Å². The van der Waals surface area contributed by atoms with Gasteiger partial charge in [-0.1, -0.05) is 0 Å². The van der Waals surface area contributed by atoms with Crippen molar-refractivity contribution >= 4 is 86.6 Å². The summed E-state index contributed by atoms with van der Waals surface area (Å²) in [5, 5.41) is 20.8. The predicted octanol–water partition coefficient (Wildman–Crippen LogP) is 7.25. The van der Waals surface area contributed by atoms with Crippen molar-refractivity contribution in [2.75, 3.05) is 75.7 Å². The minimum absolute atomic E-state index is 0.0174. The Kier molecular flexibility index (Phi) is 10.2. The van der Waals surface area contributed by atoms with E-state index in [9.17, 15) is 13.2 Å². The first-order valence-electron chi connectivity index (χ1n) is 17.6. The van der Waals surface area contributed by atoms with Gasteiger partial charge in [0.2, 0.25) is 0 Å². The van der Waals surface area contributed by atoms with Crippen molar-refractivity contribution in [3.8, 4) is 5.75 Å². The standard InChI is InChI=1S/C37H44F3N10OPS/c1-42-20-23(19-41)26-17-30(32(51-21-37(38,39)40)18-31(26)50-15-13-49(2)14-16-50)46-36-47-34-25(11-12-43-34)35(48-36)45-29-10-9-28-24(33(29)52(3,4)53)7-8-27(44-28)22-5-6-22/h7-12,17-20,22,41-42,52-53H,5-6,13-16,21H2,1-4H3,(H3,43,45,46,47,48)/b23-20+,41-19?. The van der Waals surface area contributed by atoms with Gasteiger partial charge in [-0.25, -0.2) is 0 Å². The van der Waals surface area contributed by atoms with Crippen LogP contribution in [-0.4, -0.2) is 97.4 Å². The molecule has 4 heterocycles. The number of anilines is 5. The van der Waals surface area contributed by atoms with Crippen LogP contribution in [0.1, 0.15) is 30.0 Å². The number of nitrogens with zero attached hydrogens (tertiary/aromatic N) is 5. The van der Waals surface area contributed by atoms with E-state index >= 15 is 0 Å². The molecule has 16 heteroatoms. The van der Waals surface area contributed by atoms with Gasteiger partial charge in [0.25, 0.3) is 0 Å². The molecule has 0 unspecified atom stereocenters. The summed E-state index contributed by atoms with van der Waals surface area (Å²) < 4.78 is 46.2. The minimum atomic E-state index is -4.57. The predicted molar refractivity (Wildman–Crippen MR) is 216 cm³/mol. The number of H-pyrrole nitrogens is 1. The number of benzene rings is 2. The quantitative estimate of drug-likeness (QED) is 0.0442. The first-order valence-corrected chi connectivity index (χ1v) is 21.8. The van der Waals surface area contributed by atoms with Crippen LogP contribution in [0.25, 0.3) is 27.5 Å². The van der Waals surface area contributed by atoms with Crippen LogP contribution in [0, 0.1) is 5.41 Å². The molecule has 1 aliphatic carbocycles. The molecule has 1 saturated heterocycles. The molecule has 5 N–H and O–H groups in total. The molecule has 2 fully saturated rings. The average Bonchev–Trinajstić information content (AvgIpc) is 3.86. The van der Waals surface area contributed by atoms with Crippen LogP contribution in [-0.2, 0) is 0 Å². The maximum atomic E-state index is 13.6. The number of piperazine rings is 1. The Morgan fingerprint density at radius 2 is 1.79 bits per heavy atom. The number of likely N-dealkylation sites (N-methyl/N-ethyl adjacent to an activating group) is 1. The van der Waals surface area contributed by atoms with E-state index in [2.05, 4.69) is 61.2 Å². The van der Waals surface area contributed by atoms with Crippen molar-refractivity contribution in [2.45, 2.75) is 24.9 Å². The fraction of sp³-hybridized carbons (Fsp3) is 0.351. The number of nitrogens with one attached hydrogen (secondary N) is 5. The zero-order valence-electron chi connectivity index (χ0n) is 30.0. The molecular formula is C37H44F3N10OPS. The summed E-state index contributed by atoms with van der Waals surface area (Å²) in [5.41, 5.74) is 5.48. The van der Waals surface area contributed by atoms with Crippen molar-refractivity contribution < 1.29 is 17.9 Å². The van der Waals surface area contributed by atoms with Gasteiger partial charge in [-0.05, 0) is 7.05 Å². The molecule has 0 radical (unpaired) electrons. The molecule has 7 rings (SSSR count). The maximum absolute atomic E-state index is 13.6. The molecule has 1 saturated carbocycles. The van der Waals surface area contributed by atoms with Gasteiger partial charge in [0.05, 0.1) is 0 Å². The van der Waals surface area contributed by atoms with Crippen molar-refractivity contribution in [1.29, 1.82) is 5.41 Å². The van der Waals surface area contributed by atoms with E-state index in [1.807, 2.05) is 25.2 Å². The number of halogens is 3. The van der Waals surface area contributed by atoms with E-state index in [1.165, 1.54) is 19.1 Å². The normalized spacial score (nSPS) is 16.2. The van der Waals surface area contributed by atoms with Gasteiger partial charge in [0.1, 0.15) is 0 Å². The van der Waals surface area contributed by atoms with Gasteiger partial charge in [-0.15, -0.1) is 0 Å². The van der Waals surface area contributed by atoms with Crippen LogP contribution >= 0.6 is 18.7 Å². The Balaban J connectivity index is 1.31. The van der Waals surface area contributed by atoms with Gasteiger partial charge >= 0.3 is 244 Å². The second-order valence-corrected chi connectivity index (χ2v) is 21.1. The van der Waals surface area contributed by atoms with Gasteiger partial charge < -0.3 is 15.6 Å². The van der Waals surface area contributed by atoms with Gasteiger partial charge in [-0.2, -0.15) is 13.2 Å². The van der Waals surface area contributed by atoms with E-state index in [-0.39, 0.29) is 17.4 Å². The van der Waals surface area contributed by atoms with Crippen LogP contribution in [0.2, 0.25) is 0 Å². The number of hydrogen-bond donors (Lipinski definition) is 6. The molecule has 0 atom stereocenters. The van der Waals surface area contributed by atoms with E-state index < -0.39 is 19.2 Å². The summed E-state index contributed by atoms with van der Waals surface area (Å²) >= 11 is 5.13. The molecule has 0 spiro atoms. The third-order valence-electron chi connectivity index (χ3n) is 9.52. The Bertz CT molecular complexity index is 2190. The Morgan fingerprint density at radius 1 is 1.02 bits per heavy atom. The van der Waals surface area contributed by atoms with Crippen LogP contribution in [0.5, 0.6) is 5.75 Å². The smallest absolute Gasteiger partial charge is 0.303 e. The van der Waals surface area contributed by atoms with Crippen LogP contribution in [0.3, 0.4) is 0 Å². The summed E-state index contributed by atoms with van der Waals surface area (Å²) in [6.07, 6.45) is 2.43. The Morgan fingerprint density at radius 3 is 2.47 bits per heavy atom. The van der Waals surface area contributed by atoms with Crippen LogP contribution in [0.15, 0.2) is 54.9 Å². The van der Waals surface area contributed by atoms with Crippen molar-refractivity contribution in [2.24, 2.45) is 0 Å². The number of ether oxygens (including phenoxy) is 1. The molecule has 1 aliphatic heterocycles. The zero-order chi connectivity index (χ0) is 37.5. The molecule has 280 valence electrons. The van der Waals surface area contributed by atoms with Crippen LogP contribution < -0.4 is 30.9 Å². The number of allylic oxidation sites excluding steroid dienone is 1. The summed E-state index contributed by atoms with van der Waals surface area (Å²) in [6.45, 7) is 3.46. The first-order chi connectivity index (χ1) is 25.3. The number of rotatable bonds is 12. The minimum Gasteiger partial charge on any atom is -0.303 e. The monoisotopic (exact) mass is 764 g/mol. The summed E-state index contributed by atoms with van der Waals surface area (Å²) in [6, 6.07) is 13.5. The zero-order valence-corrected chi connectivity index (χ0v) is 31.9. The van der Waals surface area contributed by atoms with E-state index in [0.29, 0.717) is 47.3 Å². The number of aromatic nitrogens is 4. The van der Waals surface area contributed by atoms with Crippen LogP contribution in [0.4, 0.5) is 42.0 Å². The van der Waals surface area contributed by atoms with E-state index in [4.69, 9.17) is 32.4 Å². The van der Waals surface area contributed by atoms with Crippen molar-refractivity contribution in [3.05, 3.63) is 66.1 Å². The number of hydrogen-bond acceptors (Lipinski definition) is 11. The third-order valence-corrected chi connectivity index (χ3v) is 11.9. The second-order valence-electron chi connectivity index (χ2n) is 14.1. The summed E-state index contributed by atoms with van der Waals surface area (Å²) in [7, 11) is 3.76. The summed E-state index contributed by atoms with van der Waals surface area (Å²) in [4.78, 5) is 22.0. The van der Waals surface area contributed by atoms with Gasteiger partial charge in [0, 0.05) is 33.2 Å². The molecule has 11 nitrogen and oxygen atoms in total. The van der Waals surface area contributed by atoms with Gasteiger partial charge in [0.15, 0.2) is 0 Å². The number of aromatic amines is 1. The Labute approximate surface area is 311 Å². The number of fused-ring (bicyclic) bond motifs is 2. The second kappa shape index (κ2) is 14.7. The Hall–Kier alpha value is -4.59. The molecular weight excluding hydrogens is 721 g/mol. The SMILES string of the molecule is CN/C=C(\C=N)c1cc(Nc2nc(Nc3ccc4nc(C5CC5)ccc4c3[PH](C)(C)S)c3cc[nH]c3n2)c(OCC(F)(F)F)cc1N1CCN(C)CC1. The average molecular weight is 765 g/mol. The van der Waals surface area contributed by atoms with Gasteiger partial charge in [-0.3, -0.25) is 0 Å². The molecule has 2 aliphatic rings. The summed E-state index contributed by atoms with van der Waals surface area (Å²) in [5.74, 6) is 1.14. The number of pyridine rings is 1. The molecule has 0 amide bonds. The third kappa shape index (κ3) is 8.17. The molecule has 0 bridgehead atoms. The molecule has 2 aromatic carbocycles. The van der Waals surface area contributed by atoms with E-state index in [1.54, 1.807) is 31.6 Å². The molecule has 3 aromatic heterocycles. The van der Waals surface area contributed by atoms with Crippen molar-refractivity contribution in [3.63, 3.8) is 0 Å². The van der Waals surface area contributed by atoms with E-state index in [0.717, 1.165) is 46.1 Å². The first kappa shape index (κ1) is 36.8. The number of thiol groups is 1. The fourth-order valence-electron chi connectivity index (χ4n) is 6.77. The fourth-order valence-corrected chi connectivity index (χ4v) is 9.17.